The van der Waals surface area contributed by atoms with E-state index < -0.39 is 0 Å². The van der Waals surface area contributed by atoms with Crippen LogP contribution in [0.4, 0.5) is 0 Å². The zero-order valence-corrected chi connectivity index (χ0v) is 13.5. The molecule has 0 spiro atoms. The van der Waals surface area contributed by atoms with Gasteiger partial charge in [-0.05, 0) is 32.8 Å². The second-order valence-electron chi connectivity index (χ2n) is 5.90. The summed E-state index contributed by atoms with van der Waals surface area (Å²) >= 11 is 0. The summed E-state index contributed by atoms with van der Waals surface area (Å²) in [6.45, 7) is 5.95. The fraction of sp³-hybridized carbons (Fsp3) is 0.500. The minimum absolute atomic E-state index is 0.0169. The standard InChI is InChI=1S/C16H21N5O2/c1-3-21-10-13(11(2)19-21)15(22)20-8-4-5-12(9-20)14-6-7-17-16(23)18-14/h6-7,10,12H,3-5,8-9H2,1-2H3,(H,17,18,23)/t12-/m1/s1. The molecule has 2 aromatic rings. The number of hydrogen-bond donors (Lipinski definition) is 1. The first-order valence-corrected chi connectivity index (χ1v) is 7.97. The highest BCUT2D eigenvalue weighted by atomic mass is 16.2. The third-order valence-corrected chi connectivity index (χ3v) is 4.35. The van der Waals surface area contributed by atoms with Gasteiger partial charge in [-0.25, -0.2) is 9.78 Å². The van der Waals surface area contributed by atoms with Crippen molar-refractivity contribution in [3.05, 3.63) is 45.9 Å². The van der Waals surface area contributed by atoms with Crippen molar-refractivity contribution in [2.45, 2.75) is 39.2 Å². The lowest BCUT2D eigenvalue weighted by molar-refractivity contribution is 0.0705. The van der Waals surface area contributed by atoms with Gasteiger partial charge in [0.2, 0.25) is 0 Å². The van der Waals surface area contributed by atoms with Gasteiger partial charge >= 0.3 is 5.69 Å². The van der Waals surface area contributed by atoms with Gasteiger partial charge in [0.05, 0.1) is 11.3 Å². The van der Waals surface area contributed by atoms with Crippen LogP contribution in [0.15, 0.2) is 23.3 Å². The summed E-state index contributed by atoms with van der Waals surface area (Å²) in [5, 5.41) is 4.35. The lowest BCUT2D eigenvalue weighted by Gasteiger charge is -2.32. The van der Waals surface area contributed by atoms with Crippen molar-refractivity contribution >= 4 is 5.91 Å². The molecular formula is C16H21N5O2. The van der Waals surface area contributed by atoms with Gasteiger partial charge in [-0.15, -0.1) is 0 Å². The Morgan fingerprint density at radius 2 is 2.30 bits per heavy atom. The van der Waals surface area contributed by atoms with Crippen molar-refractivity contribution < 1.29 is 4.79 Å². The highest BCUT2D eigenvalue weighted by molar-refractivity contribution is 5.95. The van der Waals surface area contributed by atoms with E-state index in [1.807, 2.05) is 31.0 Å². The summed E-state index contributed by atoms with van der Waals surface area (Å²) in [5.41, 5.74) is 1.93. The van der Waals surface area contributed by atoms with Crippen molar-refractivity contribution in [1.29, 1.82) is 0 Å². The van der Waals surface area contributed by atoms with E-state index in [0.717, 1.165) is 37.3 Å². The Hall–Kier alpha value is -2.44. The van der Waals surface area contributed by atoms with Gasteiger partial charge in [-0.2, -0.15) is 5.10 Å². The lowest BCUT2D eigenvalue weighted by Crippen LogP contribution is -2.39. The van der Waals surface area contributed by atoms with E-state index in [4.69, 9.17) is 0 Å². The van der Waals surface area contributed by atoms with E-state index in [1.165, 1.54) is 6.20 Å². The molecule has 1 aliphatic heterocycles. The van der Waals surface area contributed by atoms with Gasteiger partial charge in [0.25, 0.3) is 5.91 Å². The fourth-order valence-electron chi connectivity index (χ4n) is 3.10. The third kappa shape index (κ3) is 3.18. The number of rotatable bonds is 3. The minimum atomic E-state index is -0.342. The molecule has 1 saturated heterocycles. The maximum atomic E-state index is 12.8. The molecule has 2 aromatic heterocycles. The molecule has 0 radical (unpaired) electrons. The van der Waals surface area contributed by atoms with Crippen LogP contribution in [0, 0.1) is 6.92 Å². The maximum Gasteiger partial charge on any atom is 0.345 e. The Labute approximate surface area is 134 Å². The van der Waals surface area contributed by atoms with Crippen LogP contribution >= 0.6 is 0 Å². The molecule has 0 aromatic carbocycles. The molecule has 1 fully saturated rings. The van der Waals surface area contributed by atoms with Crippen LogP contribution in [-0.2, 0) is 6.54 Å². The smallest absolute Gasteiger partial charge is 0.338 e. The molecule has 1 aliphatic rings. The normalized spacial score (nSPS) is 18.2. The molecule has 1 amide bonds. The maximum absolute atomic E-state index is 12.8. The zero-order valence-electron chi connectivity index (χ0n) is 13.5. The molecule has 0 aliphatic carbocycles. The molecule has 0 bridgehead atoms. The first-order chi connectivity index (χ1) is 11.1. The predicted octanol–water partition coefficient (Wildman–Crippen LogP) is 1.31. The first-order valence-electron chi connectivity index (χ1n) is 7.97. The summed E-state index contributed by atoms with van der Waals surface area (Å²) in [7, 11) is 0. The van der Waals surface area contributed by atoms with Crippen LogP contribution in [0.2, 0.25) is 0 Å². The lowest BCUT2D eigenvalue weighted by atomic mass is 9.94. The number of likely N-dealkylation sites (tertiary alicyclic amines) is 1. The van der Waals surface area contributed by atoms with Gasteiger partial charge in [0.1, 0.15) is 0 Å². The molecular weight excluding hydrogens is 294 g/mol. The predicted molar refractivity (Wildman–Crippen MR) is 85.4 cm³/mol. The monoisotopic (exact) mass is 315 g/mol. The number of hydrogen-bond acceptors (Lipinski definition) is 4. The minimum Gasteiger partial charge on any atom is -0.338 e. The number of amides is 1. The van der Waals surface area contributed by atoms with E-state index in [2.05, 4.69) is 15.1 Å². The summed E-state index contributed by atoms with van der Waals surface area (Å²) < 4.78 is 1.78. The van der Waals surface area contributed by atoms with Crippen LogP contribution in [0.1, 0.15) is 47.4 Å². The molecule has 7 heteroatoms. The zero-order chi connectivity index (χ0) is 16.4. The molecule has 3 heterocycles. The number of carbonyl (C=O) groups excluding carboxylic acids is 1. The topological polar surface area (TPSA) is 83.9 Å². The Morgan fingerprint density at radius 3 is 3.00 bits per heavy atom. The highest BCUT2D eigenvalue weighted by Gasteiger charge is 2.27. The number of aromatic amines is 1. The van der Waals surface area contributed by atoms with Crippen molar-refractivity contribution in [3.63, 3.8) is 0 Å². The Morgan fingerprint density at radius 1 is 1.48 bits per heavy atom. The molecule has 7 nitrogen and oxygen atoms in total. The molecule has 0 unspecified atom stereocenters. The van der Waals surface area contributed by atoms with E-state index in [1.54, 1.807) is 4.68 Å². The molecule has 0 saturated carbocycles. The largest absolute Gasteiger partial charge is 0.345 e. The average Bonchev–Trinajstić information content (AvgIpc) is 2.95. The molecule has 3 rings (SSSR count). The van der Waals surface area contributed by atoms with Crippen molar-refractivity contribution in [1.82, 2.24) is 24.6 Å². The summed E-state index contributed by atoms with van der Waals surface area (Å²) in [4.78, 5) is 32.5. The third-order valence-electron chi connectivity index (χ3n) is 4.35. The van der Waals surface area contributed by atoms with E-state index in [9.17, 15) is 9.59 Å². The second kappa shape index (κ2) is 6.36. The van der Waals surface area contributed by atoms with Crippen LogP contribution in [0.25, 0.3) is 0 Å². The number of aromatic nitrogens is 4. The van der Waals surface area contributed by atoms with Crippen LogP contribution in [0.3, 0.4) is 0 Å². The second-order valence-corrected chi connectivity index (χ2v) is 5.90. The molecule has 122 valence electrons. The Bertz CT molecular complexity index is 764. The summed E-state index contributed by atoms with van der Waals surface area (Å²) in [5.74, 6) is 0.160. The van der Waals surface area contributed by atoms with Crippen LogP contribution in [0.5, 0.6) is 0 Å². The van der Waals surface area contributed by atoms with Gasteiger partial charge in [-0.1, -0.05) is 0 Å². The number of nitrogens with one attached hydrogen (secondary N) is 1. The Balaban J connectivity index is 1.79. The van der Waals surface area contributed by atoms with E-state index >= 15 is 0 Å². The SMILES string of the molecule is CCn1cc(C(=O)N2CCC[C@@H](c3ccnc(=O)[nH]3)C2)c(C)n1. The molecule has 23 heavy (non-hydrogen) atoms. The van der Waals surface area contributed by atoms with Gasteiger partial charge in [0, 0.05) is 43.6 Å². The van der Waals surface area contributed by atoms with Crippen molar-refractivity contribution in [3.8, 4) is 0 Å². The number of piperidine rings is 1. The van der Waals surface area contributed by atoms with E-state index in [-0.39, 0.29) is 17.5 Å². The van der Waals surface area contributed by atoms with Crippen molar-refractivity contribution in [2.75, 3.05) is 13.1 Å². The average molecular weight is 315 g/mol. The number of carbonyl (C=O) groups is 1. The van der Waals surface area contributed by atoms with Gasteiger partial charge in [0.15, 0.2) is 0 Å². The number of nitrogens with zero attached hydrogens (tertiary/aromatic N) is 4. The quantitative estimate of drug-likeness (QED) is 0.925. The number of aryl methyl sites for hydroxylation is 2. The first kappa shape index (κ1) is 15.5. The van der Waals surface area contributed by atoms with E-state index in [0.29, 0.717) is 12.1 Å². The molecule has 1 atom stereocenters. The fourth-order valence-corrected chi connectivity index (χ4v) is 3.10. The Kier molecular flexibility index (Phi) is 4.27. The van der Waals surface area contributed by atoms with Gasteiger partial charge < -0.3 is 9.88 Å². The van der Waals surface area contributed by atoms with Crippen molar-refractivity contribution in [2.24, 2.45) is 0 Å². The molecule has 1 N–H and O–H groups in total. The van der Waals surface area contributed by atoms with Gasteiger partial charge in [-0.3, -0.25) is 9.48 Å². The highest BCUT2D eigenvalue weighted by Crippen LogP contribution is 2.26. The summed E-state index contributed by atoms with van der Waals surface area (Å²) in [6.07, 6.45) is 5.21. The van der Waals surface area contributed by atoms with Crippen LogP contribution < -0.4 is 5.69 Å². The number of H-pyrrole nitrogens is 1. The van der Waals surface area contributed by atoms with Crippen LogP contribution in [-0.4, -0.2) is 43.6 Å². The summed E-state index contributed by atoms with van der Waals surface area (Å²) in [6, 6.07) is 1.82.